The Balaban J connectivity index is 1.80. The smallest absolute Gasteiger partial charge is 0.267 e. The van der Waals surface area contributed by atoms with Gasteiger partial charge in [-0.2, -0.15) is 11.8 Å². The molecule has 4 nitrogen and oxygen atoms in total. The summed E-state index contributed by atoms with van der Waals surface area (Å²) in [5.74, 6) is -0.0356. The first-order valence-corrected chi connectivity index (χ1v) is 8.18. The van der Waals surface area contributed by atoms with Crippen LogP contribution in [0.2, 0.25) is 0 Å². The van der Waals surface area contributed by atoms with E-state index >= 15 is 0 Å². The fourth-order valence-electron chi connectivity index (χ4n) is 2.92. The van der Waals surface area contributed by atoms with Crippen LogP contribution in [-0.4, -0.2) is 28.4 Å². The number of para-hydroxylation sites is 1. The number of anilines is 1. The van der Waals surface area contributed by atoms with Crippen molar-refractivity contribution in [3.8, 4) is 0 Å². The van der Waals surface area contributed by atoms with Crippen LogP contribution in [0, 0.1) is 0 Å². The van der Waals surface area contributed by atoms with Gasteiger partial charge in [0.05, 0.1) is 11.2 Å². The molecule has 0 saturated heterocycles. The quantitative estimate of drug-likeness (QED) is 0.761. The average Bonchev–Trinajstić information content (AvgIpc) is 3.05. The van der Waals surface area contributed by atoms with Crippen LogP contribution in [0.25, 0.3) is 10.9 Å². The van der Waals surface area contributed by atoms with Crippen molar-refractivity contribution < 1.29 is 4.79 Å². The molecule has 0 radical (unpaired) electrons. The molecule has 1 aliphatic rings. The number of aromatic nitrogens is 1. The Hall–Kier alpha value is -1.62. The number of thioether (sulfide) groups is 1. The van der Waals surface area contributed by atoms with Gasteiger partial charge in [0, 0.05) is 16.7 Å². The zero-order chi connectivity index (χ0) is 14.1. The molecule has 0 bridgehead atoms. The molecule has 2 unspecified atom stereocenters. The molecule has 1 heterocycles. The van der Waals surface area contributed by atoms with Crippen molar-refractivity contribution in [2.75, 3.05) is 12.0 Å². The molecule has 0 aliphatic heterocycles. The Morgan fingerprint density at radius 2 is 2.30 bits per heavy atom. The fraction of sp³-hybridized carbons (Fsp3) is 0.400. The van der Waals surface area contributed by atoms with Gasteiger partial charge in [0.25, 0.3) is 5.91 Å². The maximum Gasteiger partial charge on any atom is 0.267 e. The predicted octanol–water partition coefficient (Wildman–Crippen LogP) is 2.76. The van der Waals surface area contributed by atoms with E-state index in [9.17, 15) is 4.79 Å². The first-order valence-electron chi connectivity index (χ1n) is 6.90. The Labute approximate surface area is 122 Å². The Kier molecular flexibility index (Phi) is 3.61. The molecule has 1 fully saturated rings. The molecule has 2 atom stereocenters. The number of benzene rings is 1. The molecule has 1 amide bonds. The van der Waals surface area contributed by atoms with E-state index in [4.69, 9.17) is 5.73 Å². The van der Waals surface area contributed by atoms with Crippen LogP contribution in [0.1, 0.15) is 29.8 Å². The molecular formula is C15H19N3OS. The maximum absolute atomic E-state index is 12.4. The van der Waals surface area contributed by atoms with Crippen molar-refractivity contribution in [3.63, 3.8) is 0 Å². The van der Waals surface area contributed by atoms with E-state index in [0.29, 0.717) is 16.6 Å². The van der Waals surface area contributed by atoms with E-state index in [1.54, 1.807) is 0 Å². The summed E-state index contributed by atoms with van der Waals surface area (Å²) in [5, 5.41) is 4.66. The second-order valence-electron chi connectivity index (χ2n) is 5.28. The number of hydrogen-bond donors (Lipinski definition) is 3. The third kappa shape index (κ3) is 2.38. The van der Waals surface area contributed by atoms with E-state index in [1.807, 2.05) is 36.0 Å². The fourth-order valence-corrected chi connectivity index (χ4v) is 3.86. The summed E-state index contributed by atoms with van der Waals surface area (Å²) in [4.78, 5) is 15.5. The SMILES string of the molecule is CSC1CCCC1NC(=O)c1cc2cccc(N)c2[nH]1. The van der Waals surface area contributed by atoms with Gasteiger partial charge in [0.15, 0.2) is 0 Å². The second kappa shape index (κ2) is 5.40. The molecule has 0 spiro atoms. The van der Waals surface area contributed by atoms with E-state index in [-0.39, 0.29) is 11.9 Å². The van der Waals surface area contributed by atoms with Gasteiger partial charge in [-0.05, 0) is 31.2 Å². The third-order valence-electron chi connectivity index (χ3n) is 4.00. The number of carbonyl (C=O) groups is 1. The number of amides is 1. The number of aromatic amines is 1. The number of hydrogen-bond acceptors (Lipinski definition) is 3. The third-order valence-corrected chi connectivity index (χ3v) is 5.17. The Morgan fingerprint density at radius 3 is 3.05 bits per heavy atom. The lowest BCUT2D eigenvalue weighted by Crippen LogP contribution is -2.38. The van der Waals surface area contributed by atoms with Crippen LogP contribution in [0.5, 0.6) is 0 Å². The molecular weight excluding hydrogens is 270 g/mol. The molecule has 2 aromatic rings. The Bertz CT molecular complexity index is 637. The van der Waals surface area contributed by atoms with Gasteiger partial charge in [-0.15, -0.1) is 0 Å². The van der Waals surface area contributed by atoms with Gasteiger partial charge >= 0.3 is 0 Å². The van der Waals surface area contributed by atoms with E-state index in [2.05, 4.69) is 16.6 Å². The van der Waals surface area contributed by atoms with Crippen molar-refractivity contribution in [1.82, 2.24) is 10.3 Å². The highest BCUT2D eigenvalue weighted by Crippen LogP contribution is 2.29. The number of carbonyl (C=O) groups excluding carboxylic acids is 1. The molecule has 3 rings (SSSR count). The monoisotopic (exact) mass is 289 g/mol. The first-order chi connectivity index (χ1) is 9.69. The average molecular weight is 289 g/mol. The molecule has 5 heteroatoms. The van der Waals surface area contributed by atoms with Gasteiger partial charge in [-0.25, -0.2) is 0 Å². The number of nitrogens with one attached hydrogen (secondary N) is 2. The van der Waals surface area contributed by atoms with Crippen LogP contribution >= 0.6 is 11.8 Å². The summed E-state index contributed by atoms with van der Waals surface area (Å²) >= 11 is 1.84. The van der Waals surface area contributed by atoms with Gasteiger partial charge in [-0.1, -0.05) is 18.6 Å². The lowest BCUT2D eigenvalue weighted by molar-refractivity contribution is 0.0934. The van der Waals surface area contributed by atoms with Crippen LogP contribution in [0.15, 0.2) is 24.3 Å². The highest BCUT2D eigenvalue weighted by Gasteiger charge is 2.28. The lowest BCUT2D eigenvalue weighted by Gasteiger charge is -2.18. The van der Waals surface area contributed by atoms with Crippen LogP contribution in [-0.2, 0) is 0 Å². The number of nitrogens with two attached hydrogens (primary N) is 1. The van der Waals surface area contributed by atoms with Gasteiger partial charge in [0.1, 0.15) is 5.69 Å². The van der Waals surface area contributed by atoms with Crippen LogP contribution < -0.4 is 11.1 Å². The van der Waals surface area contributed by atoms with Gasteiger partial charge < -0.3 is 16.0 Å². The first kappa shape index (κ1) is 13.4. The van der Waals surface area contributed by atoms with Crippen LogP contribution in [0.4, 0.5) is 5.69 Å². The number of H-pyrrole nitrogens is 1. The maximum atomic E-state index is 12.4. The second-order valence-corrected chi connectivity index (χ2v) is 6.36. The largest absolute Gasteiger partial charge is 0.397 e. The standard InChI is InChI=1S/C15H19N3OS/c1-20-13-7-3-6-11(13)18-15(19)12-8-9-4-2-5-10(16)14(9)17-12/h2,4-5,8,11,13,17H,3,6-7,16H2,1H3,(H,18,19). The summed E-state index contributed by atoms with van der Waals surface area (Å²) in [7, 11) is 0. The molecule has 1 aromatic heterocycles. The molecule has 4 N–H and O–H groups in total. The van der Waals surface area contributed by atoms with E-state index < -0.39 is 0 Å². The molecule has 1 aliphatic carbocycles. The van der Waals surface area contributed by atoms with E-state index in [1.165, 1.54) is 12.8 Å². The number of rotatable bonds is 3. The summed E-state index contributed by atoms with van der Waals surface area (Å²) in [6.45, 7) is 0. The zero-order valence-corrected chi connectivity index (χ0v) is 12.3. The van der Waals surface area contributed by atoms with Crippen molar-refractivity contribution in [3.05, 3.63) is 30.0 Å². The molecule has 1 saturated carbocycles. The zero-order valence-electron chi connectivity index (χ0n) is 11.5. The number of fused-ring (bicyclic) bond motifs is 1. The van der Waals surface area contributed by atoms with Gasteiger partial charge in [-0.3, -0.25) is 4.79 Å². The van der Waals surface area contributed by atoms with Crippen molar-refractivity contribution in [1.29, 1.82) is 0 Å². The van der Waals surface area contributed by atoms with E-state index in [0.717, 1.165) is 17.3 Å². The minimum Gasteiger partial charge on any atom is -0.397 e. The molecule has 1 aromatic carbocycles. The number of nitrogen functional groups attached to an aromatic ring is 1. The topological polar surface area (TPSA) is 70.9 Å². The predicted molar refractivity (Wildman–Crippen MR) is 85.1 cm³/mol. The van der Waals surface area contributed by atoms with Crippen molar-refractivity contribution in [2.24, 2.45) is 0 Å². The summed E-state index contributed by atoms with van der Waals surface area (Å²) in [6, 6.07) is 7.83. The highest BCUT2D eigenvalue weighted by atomic mass is 32.2. The van der Waals surface area contributed by atoms with Crippen molar-refractivity contribution >= 4 is 34.3 Å². The normalized spacial score (nSPS) is 22.2. The van der Waals surface area contributed by atoms with Crippen molar-refractivity contribution in [2.45, 2.75) is 30.6 Å². The summed E-state index contributed by atoms with van der Waals surface area (Å²) in [6.07, 6.45) is 5.56. The lowest BCUT2D eigenvalue weighted by atomic mass is 10.2. The summed E-state index contributed by atoms with van der Waals surface area (Å²) in [5.41, 5.74) is 8.01. The minimum absolute atomic E-state index is 0.0356. The highest BCUT2D eigenvalue weighted by molar-refractivity contribution is 7.99. The van der Waals surface area contributed by atoms with Gasteiger partial charge in [0.2, 0.25) is 0 Å². The minimum atomic E-state index is -0.0356. The summed E-state index contributed by atoms with van der Waals surface area (Å²) < 4.78 is 0. The molecule has 20 heavy (non-hydrogen) atoms. The Morgan fingerprint density at radius 1 is 1.45 bits per heavy atom. The molecule has 106 valence electrons. The van der Waals surface area contributed by atoms with Crippen LogP contribution in [0.3, 0.4) is 0 Å².